The molecule has 0 spiro atoms. The van der Waals surface area contributed by atoms with Crippen LogP contribution in [0.4, 0.5) is 0 Å². The van der Waals surface area contributed by atoms with Gasteiger partial charge in [-0.2, -0.15) is 0 Å². The number of rotatable bonds is 1. The van der Waals surface area contributed by atoms with Crippen LogP contribution < -0.4 is 14.8 Å². The minimum Gasteiger partial charge on any atom is -0.493 e. The van der Waals surface area contributed by atoms with E-state index in [1.54, 1.807) is 13.2 Å². The highest BCUT2D eigenvalue weighted by Gasteiger charge is 2.47. The molecule has 2 unspecified atom stereocenters. The maximum Gasteiger partial charge on any atom is 0.184 e. The topological polar surface area (TPSA) is 33.7 Å². The van der Waals surface area contributed by atoms with E-state index in [9.17, 15) is 0 Å². The molecule has 102 valence electrons. The number of hydrogen-bond donors (Lipinski definition) is 1. The number of nitrogens with zero attached hydrogens (tertiary/aromatic N) is 1. The molecule has 2 heterocycles. The van der Waals surface area contributed by atoms with Gasteiger partial charge in [0.25, 0.3) is 0 Å². The van der Waals surface area contributed by atoms with Crippen molar-refractivity contribution in [2.45, 2.75) is 25.1 Å². The van der Waals surface area contributed by atoms with Gasteiger partial charge < -0.3 is 19.7 Å². The SMILES string of the molecule is COc1cc(Cl)cc2c1OC1(C)CC2NC(=S)N1C. The molecule has 1 aromatic rings. The maximum absolute atomic E-state index is 6.16. The van der Waals surface area contributed by atoms with Crippen LogP contribution in [0.15, 0.2) is 12.1 Å². The highest BCUT2D eigenvalue weighted by molar-refractivity contribution is 7.80. The molecular formula is C13H15ClN2O2S. The third-order valence-electron chi connectivity index (χ3n) is 3.86. The number of ether oxygens (including phenoxy) is 2. The van der Waals surface area contributed by atoms with Gasteiger partial charge in [0.1, 0.15) is 0 Å². The van der Waals surface area contributed by atoms with Crippen LogP contribution in [0.2, 0.25) is 5.02 Å². The lowest BCUT2D eigenvalue weighted by Crippen LogP contribution is -2.63. The molecule has 2 bridgehead atoms. The molecule has 4 nitrogen and oxygen atoms in total. The Balaban J connectivity index is 2.16. The van der Waals surface area contributed by atoms with Crippen molar-refractivity contribution < 1.29 is 9.47 Å². The van der Waals surface area contributed by atoms with Gasteiger partial charge in [0.15, 0.2) is 22.3 Å². The highest BCUT2D eigenvalue weighted by atomic mass is 35.5. The zero-order chi connectivity index (χ0) is 13.8. The van der Waals surface area contributed by atoms with E-state index in [1.165, 1.54) is 0 Å². The van der Waals surface area contributed by atoms with Gasteiger partial charge in [0.05, 0.1) is 13.2 Å². The van der Waals surface area contributed by atoms with Crippen molar-refractivity contribution in [2.75, 3.05) is 14.2 Å². The molecule has 1 aromatic carbocycles. The summed E-state index contributed by atoms with van der Waals surface area (Å²) >= 11 is 11.5. The number of fused-ring (bicyclic) bond motifs is 4. The van der Waals surface area contributed by atoms with Gasteiger partial charge in [-0.15, -0.1) is 0 Å². The Morgan fingerprint density at radius 2 is 2.32 bits per heavy atom. The van der Waals surface area contributed by atoms with E-state index in [4.69, 9.17) is 33.3 Å². The predicted octanol–water partition coefficient (Wildman–Crippen LogP) is 2.71. The average molecular weight is 299 g/mol. The Labute approximate surface area is 122 Å². The van der Waals surface area contributed by atoms with Crippen LogP contribution in [0, 0.1) is 0 Å². The van der Waals surface area contributed by atoms with E-state index >= 15 is 0 Å². The summed E-state index contributed by atoms with van der Waals surface area (Å²) in [7, 11) is 3.54. The van der Waals surface area contributed by atoms with Crippen molar-refractivity contribution >= 4 is 28.9 Å². The first kappa shape index (κ1) is 12.8. The van der Waals surface area contributed by atoms with Crippen LogP contribution in [0.1, 0.15) is 24.9 Å². The lowest BCUT2D eigenvalue weighted by Gasteiger charge is -2.51. The standard InChI is InChI=1S/C13H15ClN2O2S/c1-13-6-9(15-12(19)16(13)2)8-4-7(14)5-10(17-3)11(8)18-13/h4-5,9H,6H2,1-3H3,(H,15,19). The monoisotopic (exact) mass is 298 g/mol. The summed E-state index contributed by atoms with van der Waals surface area (Å²) in [4.78, 5) is 1.94. The molecule has 0 aromatic heterocycles. The smallest absolute Gasteiger partial charge is 0.184 e. The Bertz CT molecular complexity index is 566. The van der Waals surface area contributed by atoms with Gasteiger partial charge in [0, 0.05) is 30.1 Å². The summed E-state index contributed by atoms with van der Waals surface area (Å²) in [5.41, 5.74) is 0.540. The quantitative estimate of drug-likeness (QED) is 0.806. The van der Waals surface area contributed by atoms with Crippen molar-refractivity contribution in [3.8, 4) is 11.5 Å². The highest BCUT2D eigenvalue weighted by Crippen LogP contribution is 2.48. The fourth-order valence-electron chi connectivity index (χ4n) is 2.65. The normalized spacial score (nSPS) is 28.3. The third kappa shape index (κ3) is 1.83. The van der Waals surface area contributed by atoms with Crippen molar-refractivity contribution in [1.82, 2.24) is 10.2 Å². The molecule has 2 atom stereocenters. The van der Waals surface area contributed by atoms with Crippen LogP contribution in [0.25, 0.3) is 0 Å². The summed E-state index contributed by atoms with van der Waals surface area (Å²) < 4.78 is 11.5. The number of thiocarbonyl (C=S) groups is 1. The summed E-state index contributed by atoms with van der Waals surface area (Å²) in [6, 6.07) is 3.78. The first-order chi connectivity index (χ1) is 8.94. The molecule has 2 aliphatic rings. The maximum atomic E-state index is 6.16. The van der Waals surface area contributed by atoms with E-state index in [0.29, 0.717) is 15.9 Å². The van der Waals surface area contributed by atoms with E-state index in [1.807, 2.05) is 24.9 Å². The van der Waals surface area contributed by atoms with Crippen LogP contribution >= 0.6 is 23.8 Å². The zero-order valence-corrected chi connectivity index (χ0v) is 12.6. The second kappa shape index (κ2) is 4.15. The van der Waals surface area contributed by atoms with E-state index in [-0.39, 0.29) is 6.04 Å². The zero-order valence-electron chi connectivity index (χ0n) is 11.0. The summed E-state index contributed by atoms with van der Waals surface area (Å²) in [6.45, 7) is 2.03. The molecule has 6 heteroatoms. The number of hydrogen-bond acceptors (Lipinski definition) is 3. The fraction of sp³-hybridized carbons (Fsp3) is 0.462. The molecule has 0 amide bonds. The first-order valence-corrected chi connectivity index (χ1v) is 6.84. The molecule has 3 rings (SSSR count). The Hall–Kier alpha value is -1.20. The van der Waals surface area contributed by atoms with Crippen molar-refractivity contribution in [2.24, 2.45) is 0 Å². The Morgan fingerprint density at radius 1 is 1.58 bits per heavy atom. The second-order valence-electron chi connectivity index (χ2n) is 5.07. The molecule has 19 heavy (non-hydrogen) atoms. The van der Waals surface area contributed by atoms with Crippen LogP contribution in [-0.2, 0) is 0 Å². The molecule has 0 radical (unpaired) electrons. The molecule has 0 aliphatic carbocycles. The Morgan fingerprint density at radius 3 is 3.00 bits per heavy atom. The number of halogens is 1. The first-order valence-electron chi connectivity index (χ1n) is 6.05. The predicted molar refractivity (Wildman–Crippen MR) is 77.9 cm³/mol. The molecule has 0 saturated carbocycles. The largest absolute Gasteiger partial charge is 0.493 e. The molecule has 2 aliphatic heterocycles. The van der Waals surface area contributed by atoms with Crippen molar-refractivity contribution in [3.05, 3.63) is 22.7 Å². The lowest BCUT2D eigenvalue weighted by molar-refractivity contribution is -0.0577. The molecular weight excluding hydrogens is 284 g/mol. The molecule has 1 N–H and O–H groups in total. The third-order valence-corrected chi connectivity index (χ3v) is 4.47. The van der Waals surface area contributed by atoms with Crippen LogP contribution in [0.3, 0.4) is 0 Å². The van der Waals surface area contributed by atoms with E-state index in [0.717, 1.165) is 17.7 Å². The van der Waals surface area contributed by atoms with Crippen molar-refractivity contribution in [3.63, 3.8) is 0 Å². The van der Waals surface area contributed by atoms with Gasteiger partial charge >= 0.3 is 0 Å². The minimum absolute atomic E-state index is 0.102. The van der Waals surface area contributed by atoms with Crippen LogP contribution in [0.5, 0.6) is 11.5 Å². The second-order valence-corrected chi connectivity index (χ2v) is 5.89. The van der Waals surface area contributed by atoms with Gasteiger partial charge in [-0.05, 0) is 25.2 Å². The molecule has 1 fully saturated rings. The van der Waals surface area contributed by atoms with Gasteiger partial charge in [-0.25, -0.2) is 0 Å². The van der Waals surface area contributed by atoms with Gasteiger partial charge in [0.2, 0.25) is 0 Å². The van der Waals surface area contributed by atoms with Gasteiger partial charge in [-0.3, -0.25) is 0 Å². The summed E-state index contributed by atoms with van der Waals surface area (Å²) in [5.74, 6) is 1.40. The van der Waals surface area contributed by atoms with Gasteiger partial charge in [-0.1, -0.05) is 11.6 Å². The number of nitrogens with one attached hydrogen (secondary N) is 1. The fourth-order valence-corrected chi connectivity index (χ4v) is 3.21. The van der Waals surface area contributed by atoms with E-state index in [2.05, 4.69) is 5.32 Å². The molecule has 1 saturated heterocycles. The Kier molecular flexibility index (Phi) is 2.80. The summed E-state index contributed by atoms with van der Waals surface area (Å²) in [6.07, 6.45) is 0.806. The number of methoxy groups -OCH3 is 1. The lowest BCUT2D eigenvalue weighted by atomic mass is 9.90. The van der Waals surface area contributed by atoms with Crippen molar-refractivity contribution in [1.29, 1.82) is 0 Å². The average Bonchev–Trinajstić information content (AvgIpc) is 2.36. The number of benzene rings is 1. The van der Waals surface area contributed by atoms with Crippen LogP contribution in [-0.4, -0.2) is 29.9 Å². The minimum atomic E-state index is -0.457. The van der Waals surface area contributed by atoms with E-state index < -0.39 is 5.72 Å². The summed E-state index contributed by atoms with van der Waals surface area (Å²) in [5, 5.41) is 4.64.